The lowest BCUT2D eigenvalue weighted by Crippen LogP contribution is -2.43. The molecule has 10 nitrogen and oxygen atoms in total. The number of cyclic esters (lactones) is 1. The summed E-state index contributed by atoms with van der Waals surface area (Å²) in [7, 11) is 2.88. The topological polar surface area (TPSA) is 113 Å². The molecule has 0 saturated carbocycles. The maximum Gasteiger partial charge on any atom is 0.344 e. The fraction of sp³-hybridized carbons (Fsp3) is 0.318. The van der Waals surface area contributed by atoms with Crippen molar-refractivity contribution < 1.29 is 38.1 Å². The third-order valence-corrected chi connectivity index (χ3v) is 5.72. The van der Waals surface area contributed by atoms with Gasteiger partial charge in [0.1, 0.15) is 11.6 Å². The maximum atomic E-state index is 13.1. The number of fused-ring (bicyclic) bond motifs is 2. The van der Waals surface area contributed by atoms with E-state index in [0.29, 0.717) is 34.9 Å². The van der Waals surface area contributed by atoms with Crippen LogP contribution in [0.5, 0.6) is 23.0 Å². The number of carbonyl (C=O) groups excluding carboxylic acids is 3. The largest absolute Gasteiger partial charge is 0.493 e. The summed E-state index contributed by atoms with van der Waals surface area (Å²) in [6, 6.07) is 7.51. The molecule has 0 aromatic heterocycles. The molecule has 2 aromatic rings. The first-order chi connectivity index (χ1) is 15.5. The highest BCUT2D eigenvalue weighted by Crippen LogP contribution is 2.45. The van der Waals surface area contributed by atoms with E-state index >= 15 is 0 Å². The summed E-state index contributed by atoms with van der Waals surface area (Å²) in [6.07, 6.45) is -0.568. The number of rotatable bonds is 5. The lowest BCUT2D eigenvalue weighted by atomic mass is 10.1. The number of hydrogen-bond donors (Lipinski definition) is 1. The molecule has 10 heteroatoms. The maximum absolute atomic E-state index is 13.1. The minimum Gasteiger partial charge on any atom is -0.493 e. The molecule has 3 heterocycles. The first-order valence-electron chi connectivity index (χ1n) is 9.99. The molecule has 0 radical (unpaired) electrons. The predicted octanol–water partition coefficient (Wildman–Crippen LogP) is 2.23. The van der Waals surface area contributed by atoms with Gasteiger partial charge in [0.05, 0.1) is 14.2 Å². The second kappa shape index (κ2) is 7.63. The molecule has 0 spiro atoms. The third-order valence-electron chi connectivity index (χ3n) is 5.72. The fourth-order valence-corrected chi connectivity index (χ4v) is 4.24. The molecule has 5 rings (SSSR count). The van der Waals surface area contributed by atoms with Crippen LogP contribution < -0.4 is 24.3 Å². The van der Waals surface area contributed by atoms with E-state index in [1.165, 1.54) is 19.1 Å². The van der Waals surface area contributed by atoms with E-state index < -0.39 is 18.2 Å². The fourth-order valence-electron chi connectivity index (χ4n) is 4.24. The average Bonchev–Trinajstić information content (AvgIpc) is 3.49. The zero-order chi connectivity index (χ0) is 22.4. The van der Waals surface area contributed by atoms with Crippen LogP contribution in [-0.4, -0.2) is 49.7 Å². The van der Waals surface area contributed by atoms with Gasteiger partial charge < -0.3 is 29.0 Å². The van der Waals surface area contributed by atoms with E-state index in [9.17, 15) is 14.4 Å². The molecule has 3 aliphatic rings. The van der Waals surface area contributed by atoms with Crippen LogP contribution in [0.2, 0.25) is 0 Å². The van der Waals surface area contributed by atoms with Gasteiger partial charge in [0, 0.05) is 23.7 Å². The minimum atomic E-state index is -1.03. The Morgan fingerprint density at radius 1 is 1.09 bits per heavy atom. The van der Waals surface area contributed by atoms with Crippen LogP contribution >= 0.6 is 0 Å². The lowest BCUT2D eigenvalue weighted by Gasteiger charge is -2.29. The number of nitrogens with one attached hydrogen (secondary N) is 1. The molecule has 2 amide bonds. The zero-order valence-corrected chi connectivity index (χ0v) is 17.4. The first-order valence-corrected chi connectivity index (χ1v) is 9.99. The summed E-state index contributed by atoms with van der Waals surface area (Å²) in [5.41, 5.74) is 1.14. The number of esters is 1. The molecule has 2 atom stereocenters. The molecule has 32 heavy (non-hydrogen) atoms. The van der Waals surface area contributed by atoms with Crippen molar-refractivity contribution in [2.75, 3.05) is 26.3 Å². The number of nitrogens with zero attached hydrogens (tertiary/aromatic N) is 1. The van der Waals surface area contributed by atoms with Crippen molar-refractivity contribution in [3.63, 3.8) is 0 Å². The molecule has 3 aliphatic heterocycles. The van der Waals surface area contributed by atoms with Crippen LogP contribution in [0.3, 0.4) is 0 Å². The summed E-state index contributed by atoms with van der Waals surface area (Å²) in [4.78, 5) is 39.8. The van der Waals surface area contributed by atoms with Gasteiger partial charge in [-0.15, -0.1) is 0 Å². The van der Waals surface area contributed by atoms with E-state index in [1.54, 1.807) is 30.3 Å². The highest BCUT2D eigenvalue weighted by atomic mass is 16.7. The summed E-state index contributed by atoms with van der Waals surface area (Å²) in [5.74, 6) is 0.409. The van der Waals surface area contributed by atoms with E-state index in [1.807, 2.05) is 0 Å². The number of ether oxygens (including phenoxy) is 5. The van der Waals surface area contributed by atoms with Gasteiger partial charge in [-0.1, -0.05) is 0 Å². The van der Waals surface area contributed by atoms with Crippen molar-refractivity contribution in [3.05, 3.63) is 41.5 Å². The first kappa shape index (κ1) is 20.0. The monoisotopic (exact) mass is 440 g/mol. The number of hydrogen-bond acceptors (Lipinski definition) is 8. The number of likely N-dealkylation sites (tertiary alicyclic amines) is 1. The minimum absolute atomic E-state index is 0.123. The van der Waals surface area contributed by atoms with Crippen LogP contribution in [0.15, 0.2) is 30.3 Å². The molecule has 1 saturated heterocycles. The van der Waals surface area contributed by atoms with Gasteiger partial charge in [-0.2, -0.15) is 0 Å². The second-order valence-electron chi connectivity index (χ2n) is 7.44. The highest BCUT2D eigenvalue weighted by Gasteiger charge is 2.47. The number of carbonyl (C=O) groups is 3. The van der Waals surface area contributed by atoms with Crippen LogP contribution in [0, 0.1) is 0 Å². The van der Waals surface area contributed by atoms with Crippen LogP contribution in [-0.2, 0) is 14.3 Å². The van der Waals surface area contributed by atoms with E-state index in [-0.39, 0.29) is 36.3 Å². The van der Waals surface area contributed by atoms with Crippen LogP contribution in [0.25, 0.3) is 0 Å². The SMILES string of the molecule is COc1ccc2c(c1OC)C(=O)O[C@H]2N1C(=O)CC[C@H]1C(=O)Nc1ccc2c(c1)OCO2. The number of amides is 2. The lowest BCUT2D eigenvalue weighted by molar-refractivity contribution is -0.144. The Bertz CT molecular complexity index is 1130. The summed E-state index contributed by atoms with van der Waals surface area (Å²) >= 11 is 0. The Kier molecular flexibility index (Phi) is 4.76. The van der Waals surface area contributed by atoms with Gasteiger partial charge in [0.25, 0.3) is 0 Å². The van der Waals surface area contributed by atoms with Crippen molar-refractivity contribution in [2.24, 2.45) is 0 Å². The van der Waals surface area contributed by atoms with E-state index in [4.69, 9.17) is 23.7 Å². The van der Waals surface area contributed by atoms with Crippen molar-refractivity contribution in [2.45, 2.75) is 25.1 Å². The molecule has 0 aliphatic carbocycles. The number of methoxy groups -OCH3 is 2. The molecule has 1 N–H and O–H groups in total. The van der Waals surface area contributed by atoms with Gasteiger partial charge in [-0.25, -0.2) is 4.79 Å². The summed E-state index contributed by atoms with van der Waals surface area (Å²) < 4.78 is 26.8. The average molecular weight is 440 g/mol. The molecule has 166 valence electrons. The molecule has 0 unspecified atom stereocenters. The van der Waals surface area contributed by atoms with Crippen molar-refractivity contribution in [1.82, 2.24) is 4.90 Å². The van der Waals surface area contributed by atoms with Gasteiger partial charge in [0.2, 0.25) is 24.8 Å². The molecular weight excluding hydrogens is 420 g/mol. The molecule has 1 fully saturated rings. The van der Waals surface area contributed by atoms with Crippen LogP contribution in [0.1, 0.15) is 35.0 Å². The Morgan fingerprint density at radius 2 is 1.91 bits per heavy atom. The van der Waals surface area contributed by atoms with Crippen molar-refractivity contribution in [1.29, 1.82) is 0 Å². The molecule has 2 aromatic carbocycles. The highest BCUT2D eigenvalue weighted by molar-refractivity contribution is 6.01. The Morgan fingerprint density at radius 3 is 2.69 bits per heavy atom. The standard InChI is InChI=1S/C22H20N2O8/c1-28-15-7-4-12-18(19(15)29-2)22(27)32-21(12)24-13(5-8-17(24)25)20(26)23-11-3-6-14-16(9-11)31-10-30-14/h3-4,6-7,9,13,21H,5,8,10H2,1-2H3,(H,23,26)/t13-,21+/m0/s1. The van der Waals surface area contributed by atoms with Gasteiger partial charge in [0.15, 0.2) is 23.0 Å². The Labute approximate surface area is 182 Å². The Hall–Kier alpha value is -3.95. The summed E-state index contributed by atoms with van der Waals surface area (Å²) in [5, 5.41) is 2.81. The van der Waals surface area contributed by atoms with Gasteiger partial charge in [-0.3, -0.25) is 14.5 Å². The second-order valence-corrected chi connectivity index (χ2v) is 7.44. The number of anilines is 1. The summed E-state index contributed by atoms with van der Waals surface area (Å²) in [6.45, 7) is 0.123. The quantitative estimate of drug-likeness (QED) is 0.705. The van der Waals surface area contributed by atoms with Crippen LogP contribution in [0.4, 0.5) is 5.69 Å². The zero-order valence-electron chi connectivity index (χ0n) is 17.4. The smallest absolute Gasteiger partial charge is 0.344 e. The van der Waals surface area contributed by atoms with Crippen molar-refractivity contribution >= 4 is 23.5 Å². The van der Waals surface area contributed by atoms with E-state index in [2.05, 4.69) is 5.32 Å². The molecular formula is C22H20N2O8. The van der Waals surface area contributed by atoms with E-state index in [0.717, 1.165) is 0 Å². The number of benzene rings is 2. The predicted molar refractivity (Wildman–Crippen MR) is 109 cm³/mol. The van der Waals surface area contributed by atoms with Crippen molar-refractivity contribution in [3.8, 4) is 23.0 Å². The Balaban J connectivity index is 1.43. The normalized spacial score (nSPS) is 20.8. The molecule has 0 bridgehead atoms. The van der Waals surface area contributed by atoms with Gasteiger partial charge in [-0.05, 0) is 30.7 Å². The van der Waals surface area contributed by atoms with Gasteiger partial charge >= 0.3 is 5.97 Å². The third kappa shape index (κ3) is 3.06.